The van der Waals surface area contributed by atoms with Gasteiger partial charge in [0.1, 0.15) is 33.9 Å². The molecule has 1 spiro atoms. The van der Waals surface area contributed by atoms with Gasteiger partial charge in [0.05, 0.1) is 31.4 Å². The van der Waals surface area contributed by atoms with Crippen molar-refractivity contribution in [3.8, 4) is 22.6 Å². The quantitative estimate of drug-likeness (QED) is 0.196. The van der Waals surface area contributed by atoms with Crippen LogP contribution in [0.2, 0.25) is 0 Å². The van der Waals surface area contributed by atoms with Crippen molar-refractivity contribution in [2.45, 2.75) is 86.6 Å². The summed E-state index contributed by atoms with van der Waals surface area (Å²) in [6.45, 7) is 6.91. The highest BCUT2D eigenvalue weighted by atomic mass is 32.2. The predicted octanol–water partition coefficient (Wildman–Crippen LogP) is 5.05. The van der Waals surface area contributed by atoms with E-state index in [2.05, 4.69) is 5.32 Å². The number of halogens is 1. The molecular weight excluding hydrogens is 786 g/mol. The van der Waals surface area contributed by atoms with E-state index < -0.39 is 85.0 Å². The molecule has 2 heterocycles. The van der Waals surface area contributed by atoms with Gasteiger partial charge in [0.15, 0.2) is 21.4 Å². The van der Waals surface area contributed by atoms with Crippen LogP contribution in [0.25, 0.3) is 11.1 Å². The Morgan fingerprint density at radius 3 is 2.28 bits per heavy atom. The highest BCUT2D eigenvalue weighted by Gasteiger charge is 2.47. The number of carbonyl (C=O) groups excluding carboxylic acids is 1. The van der Waals surface area contributed by atoms with Crippen LogP contribution in [-0.2, 0) is 35.9 Å². The van der Waals surface area contributed by atoms with Crippen molar-refractivity contribution in [2.24, 2.45) is 0 Å². The summed E-state index contributed by atoms with van der Waals surface area (Å²) in [7, 11) is -7.93. The molecule has 2 atom stereocenters. The van der Waals surface area contributed by atoms with Crippen LogP contribution in [0.15, 0.2) is 70.5 Å². The molecule has 3 aromatic rings. The smallest absolute Gasteiger partial charge is 0.407 e. The lowest BCUT2D eigenvalue weighted by Gasteiger charge is -2.38. The number of benzene rings is 3. The Morgan fingerprint density at radius 1 is 1.00 bits per heavy atom. The lowest BCUT2D eigenvalue weighted by Crippen LogP contribution is -2.48. The Hall–Kier alpha value is -4.49. The van der Waals surface area contributed by atoms with Gasteiger partial charge in [0, 0.05) is 25.9 Å². The summed E-state index contributed by atoms with van der Waals surface area (Å²) < 4.78 is 90.7. The van der Waals surface area contributed by atoms with Crippen molar-refractivity contribution in [3.63, 3.8) is 0 Å². The standard InChI is InChI=1S/C39H50FN3O12S2/c1-6-52-31-15-14-28(27-12-10-26(11-13-27)22-41-36(45)55-38(2,3)4)20-34(31)57(50,51)42-18-16-39(17-19-42)21-29(24-54-39)43(37(46)47)23-30(44)25-53-32-8-7-9-33(35(32)40)56(5,48)49/h7-15,20,29-30,44H,6,16-19,21-25H2,1-5H3,(H,41,45)(H,46,47)/t29-,30-/m0/s1. The predicted molar refractivity (Wildman–Crippen MR) is 207 cm³/mol. The fraction of sp³-hybridized carbons (Fsp3) is 0.487. The molecule has 57 heavy (non-hydrogen) atoms. The molecule has 2 aliphatic rings. The molecule has 2 fully saturated rings. The zero-order chi connectivity index (χ0) is 41.8. The van der Waals surface area contributed by atoms with Crippen molar-refractivity contribution in [1.82, 2.24) is 14.5 Å². The zero-order valence-electron chi connectivity index (χ0n) is 32.6. The van der Waals surface area contributed by atoms with E-state index in [9.17, 15) is 41.0 Å². The molecule has 0 bridgehead atoms. The molecule has 0 unspecified atom stereocenters. The van der Waals surface area contributed by atoms with Gasteiger partial charge in [-0.2, -0.15) is 4.31 Å². The van der Waals surface area contributed by atoms with E-state index in [1.165, 1.54) is 16.4 Å². The third-order valence-corrected chi connectivity index (χ3v) is 12.7. The summed E-state index contributed by atoms with van der Waals surface area (Å²) in [4.78, 5) is 24.9. The first-order chi connectivity index (χ1) is 26.7. The topological polar surface area (TPSA) is 198 Å². The average Bonchev–Trinajstić information content (AvgIpc) is 3.54. The monoisotopic (exact) mass is 835 g/mol. The number of nitrogens with one attached hydrogen (secondary N) is 1. The number of nitrogens with zero attached hydrogens (tertiary/aromatic N) is 2. The SMILES string of the molecule is CCOc1ccc(-c2ccc(CNC(=O)OC(C)(C)C)cc2)cc1S(=O)(=O)N1CCC2(CC1)C[C@H](N(C[C@H](O)COc1cccc(S(C)(=O)=O)c1F)C(=O)O)CO2. The molecule has 5 rings (SSSR count). The van der Waals surface area contributed by atoms with Crippen molar-refractivity contribution in [2.75, 3.05) is 45.7 Å². The van der Waals surface area contributed by atoms with Crippen molar-refractivity contribution >= 4 is 32.0 Å². The molecule has 0 aliphatic carbocycles. The summed E-state index contributed by atoms with van der Waals surface area (Å²) in [5.41, 5.74) is 0.804. The fourth-order valence-corrected chi connectivity index (χ4v) is 9.20. The number of aliphatic hydroxyl groups excluding tert-OH is 1. The Kier molecular flexibility index (Phi) is 13.4. The van der Waals surface area contributed by atoms with Crippen LogP contribution < -0.4 is 14.8 Å². The number of carbonyl (C=O) groups is 2. The molecule has 0 saturated carbocycles. The molecule has 0 aromatic heterocycles. The fourth-order valence-electron chi connectivity index (χ4n) is 6.85. The normalized spacial score (nSPS) is 17.8. The second-order valence-corrected chi connectivity index (χ2v) is 19.0. The van der Waals surface area contributed by atoms with Crippen LogP contribution in [0.5, 0.6) is 11.5 Å². The molecule has 312 valence electrons. The van der Waals surface area contributed by atoms with Crippen LogP contribution >= 0.6 is 0 Å². The van der Waals surface area contributed by atoms with E-state index in [1.807, 2.05) is 24.3 Å². The van der Waals surface area contributed by atoms with Gasteiger partial charge >= 0.3 is 12.2 Å². The lowest BCUT2D eigenvalue weighted by molar-refractivity contribution is -0.0319. The number of carboxylic acid groups (broad SMARTS) is 1. The van der Waals surface area contributed by atoms with Crippen LogP contribution in [0.3, 0.4) is 0 Å². The van der Waals surface area contributed by atoms with Crippen LogP contribution in [0, 0.1) is 5.82 Å². The Balaban J connectivity index is 1.21. The number of hydrogen-bond acceptors (Lipinski definition) is 11. The van der Waals surface area contributed by atoms with E-state index in [4.69, 9.17) is 18.9 Å². The third-order valence-electron chi connectivity index (χ3n) is 9.66. The largest absolute Gasteiger partial charge is 0.492 e. The van der Waals surface area contributed by atoms with Crippen molar-refractivity contribution in [1.29, 1.82) is 0 Å². The lowest BCUT2D eigenvalue weighted by atomic mass is 9.88. The van der Waals surface area contributed by atoms with Gasteiger partial charge in [-0.25, -0.2) is 30.8 Å². The number of alkyl carbamates (subject to hydrolysis) is 1. The van der Waals surface area contributed by atoms with E-state index in [0.717, 1.165) is 28.3 Å². The summed E-state index contributed by atoms with van der Waals surface area (Å²) in [6.07, 6.45) is -1.55. The minimum Gasteiger partial charge on any atom is -0.492 e. The van der Waals surface area contributed by atoms with E-state index in [-0.39, 0.29) is 49.9 Å². The highest BCUT2D eigenvalue weighted by molar-refractivity contribution is 7.90. The summed E-state index contributed by atoms with van der Waals surface area (Å²) in [5, 5.41) is 23.4. The molecule has 2 saturated heterocycles. The van der Waals surface area contributed by atoms with E-state index in [0.29, 0.717) is 18.4 Å². The molecule has 3 N–H and O–H groups in total. The number of sulfonamides is 1. The molecule has 15 nitrogen and oxygen atoms in total. The van der Waals surface area contributed by atoms with Crippen molar-refractivity contribution in [3.05, 3.63) is 72.0 Å². The third kappa shape index (κ3) is 10.9. The number of aliphatic hydroxyl groups is 1. The number of ether oxygens (including phenoxy) is 4. The van der Waals surface area contributed by atoms with Crippen molar-refractivity contribution < 1.29 is 60.0 Å². The van der Waals surface area contributed by atoms with Crippen LogP contribution in [0.4, 0.5) is 14.0 Å². The second-order valence-electron chi connectivity index (χ2n) is 15.1. The second kappa shape index (κ2) is 17.6. The summed E-state index contributed by atoms with van der Waals surface area (Å²) in [5.74, 6) is -1.30. The van der Waals surface area contributed by atoms with Gasteiger partial charge in [-0.05, 0) is 87.9 Å². The Morgan fingerprint density at radius 2 is 1.67 bits per heavy atom. The van der Waals surface area contributed by atoms with Gasteiger partial charge < -0.3 is 39.4 Å². The molecule has 3 aromatic carbocycles. The molecule has 18 heteroatoms. The number of piperidine rings is 1. The number of amides is 2. The van der Waals surface area contributed by atoms with Crippen LogP contribution in [0.1, 0.15) is 52.5 Å². The number of sulfone groups is 1. The van der Waals surface area contributed by atoms with Gasteiger partial charge in [-0.1, -0.05) is 36.4 Å². The summed E-state index contributed by atoms with van der Waals surface area (Å²) in [6, 6.07) is 15.3. The van der Waals surface area contributed by atoms with Gasteiger partial charge in [0.2, 0.25) is 10.0 Å². The maximum absolute atomic E-state index is 14.7. The molecule has 0 radical (unpaired) electrons. The first kappa shape index (κ1) is 43.6. The highest BCUT2D eigenvalue weighted by Crippen LogP contribution is 2.40. The Bertz CT molecular complexity index is 2140. The maximum Gasteiger partial charge on any atom is 0.407 e. The summed E-state index contributed by atoms with van der Waals surface area (Å²) >= 11 is 0. The first-order valence-electron chi connectivity index (χ1n) is 18.5. The first-order valence-corrected chi connectivity index (χ1v) is 21.8. The number of hydrogen-bond donors (Lipinski definition) is 3. The van der Waals surface area contributed by atoms with Gasteiger partial charge in [-0.3, -0.25) is 0 Å². The number of rotatable bonds is 14. The minimum absolute atomic E-state index is 0.00914. The minimum atomic E-state index is -4.06. The van der Waals surface area contributed by atoms with Gasteiger partial charge in [-0.15, -0.1) is 0 Å². The van der Waals surface area contributed by atoms with E-state index in [1.54, 1.807) is 45.9 Å². The van der Waals surface area contributed by atoms with E-state index >= 15 is 0 Å². The average molecular weight is 836 g/mol. The molecule has 2 amide bonds. The molecule has 2 aliphatic heterocycles. The zero-order valence-corrected chi connectivity index (χ0v) is 34.2. The molecular formula is C39H50FN3O12S2. The van der Waals surface area contributed by atoms with Crippen LogP contribution in [-0.4, -0.2) is 117 Å². The maximum atomic E-state index is 14.7. The Labute approximate surface area is 332 Å². The van der Waals surface area contributed by atoms with Gasteiger partial charge in [0.25, 0.3) is 0 Å².